The molecule has 2 atom stereocenters. The number of nitrogens with zero attached hydrogens (tertiary/aromatic N) is 3. The molecule has 2 aromatic carbocycles. The summed E-state index contributed by atoms with van der Waals surface area (Å²) in [6.45, 7) is 0.821. The summed E-state index contributed by atoms with van der Waals surface area (Å²) in [5, 5.41) is 0.269. The van der Waals surface area contributed by atoms with Gasteiger partial charge in [-0.3, -0.25) is 19.4 Å². The summed E-state index contributed by atoms with van der Waals surface area (Å²) in [6.07, 6.45) is 1.31. The fourth-order valence-corrected chi connectivity index (χ4v) is 5.73. The zero-order valence-corrected chi connectivity index (χ0v) is 17.4. The predicted octanol–water partition coefficient (Wildman–Crippen LogP) is 2.81. The van der Waals surface area contributed by atoms with E-state index in [0.29, 0.717) is 6.42 Å². The first-order chi connectivity index (χ1) is 14.0. The van der Waals surface area contributed by atoms with Crippen LogP contribution in [0.1, 0.15) is 23.5 Å². The molecule has 148 valence electrons. The van der Waals surface area contributed by atoms with E-state index in [0.717, 1.165) is 24.2 Å². The number of hydrogen-bond donors (Lipinski definition) is 0. The van der Waals surface area contributed by atoms with E-state index in [4.69, 9.17) is 12.2 Å². The van der Waals surface area contributed by atoms with Gasteiger partial charge in [0.2, 0.25) is 11.8 Å². The SMILES string of the molecule is CN1C(=O)C2(Cc3ccccc3N3CCC(c4ccccc4)C32)C(=O)N(C)C1=S. The van der Waals surface area contributed by atoms with Gasteiger partial charge in [0.05, 0.1) is 6.04 Å². The van der Waals surface area contributed by atoms with Crippen LogP contribution in [0.25, 0.3) is 0 Å². The van der Waals surface area contributed by atoms with E-state index in [1.807, 2.05) is 36.4 Å². The van der Waals surface area contributed by atoms with Crippen LogP contribution >= 0.6 is 12.2 Å². The van der Waals surface area contributed by atoms with Crippen LogP contribution in [-0.2, 0) is 16.0 Å². The van der Waals surface area contributed by atoms with Crippen molar-refractivity contribution in [2.24, 2.45) is 5.41 Å². The molecule has 2 amide bonds. The molecule has 0 bridgehead atoms. The summed E-state index contributed by atoms with van der Waals surface area (Å²) < 4.78 is 0. The zero-order chi connectivity index (χ0) is 20.3. The molecule has 2 unspecified atom stereocenters. The molecule has 2 fully saturated rings. The molecule has 2 saturated heterocycles. The van der Waals surface area contributed by atoms with Gasteiger partial charge in [0.25, 0.3) is 0 Å². The van der Waals surface area contributed by atoms with E-state index in [2.05, 4.69) is 23.1 Å². The number of carbonyl (C=O) groups excluding carboxylic acids is 2. The minimum Gasteiger partial charge on any atom is -0.366 e. The van der Waals surface area contributed by atoms with Crippen LogP contribution in [0, 0.1) is 5.41 Å². The Kier molecular flexibility index (Phi) is 4.03. The molecular formula is C23H23N3O2S. The Balaban J connectivity index is 1.74. The molecule has 3 heterocycles. The van der Waals surface area contributed by atoms with E-state index in [9.17, 15) is 9.59 Å². The molecule has 0 N–H and O–H groups in total. The van der Waals surface area contributed by atoms with Crippen LogP contribution in [0.4, 0.5) is 5.69 Å². The number of fused-ring (bicyclic) bond motifs is 4. The highest BCUT2D eigenvalue weighted by Crippen LogP contribution is 2.53. The Labute approximate surface area is 175 Å². The fourth-order valence-electron chi connectivity index (χ4n) is 5.56. The molecule has 29 heavy (non-hydrogen) atoms. The minimum absolute atomic E-state index is 0.103. The molecule has 1 spiro atoms. The van der Waals surface area contributed by atoms with Crippen molar-refractivity contribution in [1.82, 2.24) is 9.80 Å². The number of para-hydroxylation sites is 1. The predicted molar refractivity (Wildman–Crippen MR) is 116 cm³/mol. The Morgan fingerprint density at radius 1 is 0.931 bits per heavy atom. The summed E-state index contributed by atoms with van der Waals surface area (Å²) in [5.74, 6) is -0.262. The molecule has 5 rings (SSSR count). The molecule has 6 heteroatoms. The van der Waals surface area contributed by atoms with Crippen molar-refractivity contribution in [2.75, 3.05) is 25.5 Å². The lowest BCUT2D eigenvalue weighted by Crippen LogP contribution is -2.71. The molecule has 2 aromatic rings. The van der Waals surface area contributed by atoms with Crippen molar-refractivity contribution in [1.29, 1.82) is 0 Å². The maximum atomic E-state index is 13.8. The van der Waals surface area contributed by atoms with Crippen LogP contribution < -0.4 is 4.90 Å². The minimum atomic E-state index is -1.17. The van der Waals surface area contributed by atoms with Gasteiger partial charge in [-0.05, 0) is 42.3 Å². The highest BCUT2D eigenvalue weighted by Gasteiger charge is 2.65. The van der Waals surface area contributed by atoms with Crippen LogP contribution in [0.15, 0.2) is 54.6 Å². The number of carbonyl (C=O) groups is 2. The van der Waals surface area contributed by atoms with Gasteiger partial charge in [-0.15, -0.1) is 0 Å². The van der Waals surface area contributed by atoms with Gasteiger partial charge in [-0.2, -0.15) is 0 Å². The van der Waals surface area contributed by atoms with Gasteiger partial charge in [0.15, 0.2) is 10.5 Å². The lowest BCUT2D eigenvalue weighted by Gasteiger charge is -2.53. The molecule has 0 saturated carbocycles. The number of benzene rings is 2. The number of amides is 2. The molecular weight excluding hydrogens is 382 g/mol. The Morgan fingerprint density at radius 2 is 1.55 bits per heavy atom. The van der Waals surface area contributed by atoms with Crippen LogP contribution in [0.2, 0.25) is 0 Å². The maximum Gasteiger partial charge on any atom is 0.246 e. The number of anilines is 1. The highest BCUT2D eigenvalue weighted by molar-refractivity contribution is 7.80. The van der Waals surface area contributed by atoms with E-state index in [1.165, 1.54) is 15.4 Å². The molecule has 0 radical (unpaired) electrons. The standard InChI is InChI=1S/C23H23N3O2S/c1-24-20(27)23(21(28)25(2)22(24)29)14-16-10-6-7-11-18(16)26-13-12-17(19(23)26)15-8-4-3-5-9-15/h3-11,17,19H,12-14H2,1-2H3. The molecule has 0 aromatic heterocycles. The second-order valence-corrected chi connectivity index (χ2v) is 8.60. The second kappa shape index (κ2) is 6.39. The first-order valence-electron chi connectivity index (χ1n) is 9.96. The Morgan fingerprint density at radius 3 is 2.24 bits per heavy atom. The Hall–Kier alpha value is -2.73. The van der Waals surface area contributed by atoms with Crippen molar-refractivity contribution in [3.8, 4) is 0 Å². The van der Waals surface area contributed by atoms with E-state index in [1.54, 1.807) is 14.1 Å². The van der Waals surface area contributed by atoms with Gasteiger partial charge in [-0.1, -0.05) is 48.5 Å². The zero-order valence-electron chi connectivity index (χ0n) is 16.5. The average molecular weight is 406 g/mol. The fraction of sp³-hybridized carbons (Fsp3) is 0.348. The molecule has 3 aliphatic heterocycles. The average Bonchev–Trinajstić information content (AvgIpc) is 3.22. The van der Waals surface area contributed by atoms with Gasteiger partial charge in [0.1, 0.15) is 0 Å². The number of hydrogen-bond acceptors (Lipinski definition) is 4. The smallest absolute Gasteiger partial charge is 0.246 e. The topological polar surface area (TPSA) is 43.9 Å². The third-order valence-corrected chi connectivity index (χ3v) is 7.40. The van der Waals surface area contributed by atoms with Crippen molar-refractivity contribution in [3.63, 3.8) is 0 Å². The number of rotatable bonds is 1. The largest absolute Gasteiger partial charge is 0.366 e. The van der Waals surface area contributed by atoms with Crippen LogP contribution in [-0.4, -0.2) is 53.4 Å². The second-order valence-electron chi connectivity index (χ2n) is 8.23. The monoisotopic (exact) mass is 405 g/mol. The molecule has 5 nitrogen and oxygen atoms in total. The van der Waals surface area contributed by atoms with Crippen LogP contribution in [0.5, 0.6) is 0 Å². The van der Waals surface area contributed by atoms with Crippen molar-refractivity contribution in [3.05, 3.63) is 65.7 Å². The Bertz CT molecular complexity index is 998. The van der Waals surface area contributed by atoms with Gasteiger partial charge in [0, 0.05) is 32.2 Å². The van der Waals surface area contributed by atoms with Gasteiger partial charge < -0.3 is 4.90 Å². The van der Waals surface area contributed by atoms with Crippen molar-refractivity contribution >= 4 is 34.8 Å². The quantitative estimate of drug-likeness (QED) is 0.541. The lowest BCUT2D eigenvalue weighted by molar-refractivity contribution is -0.157. The lowest BCUT2D eigenvalue weighted by atomic mass is 9.64. The molecule has 3 aliphatic rings. The van der Waals surface area contributed by atoms with Gasteiger partial charge in [-0.25, -0.2) is 0 Å². The van der Waals surface area contributed by atoms with Gasteiger partial charge >= 0.3 is 0 Å². The number of thiocarbonyl (C=S) groups is 1. The van der Waals surface area contributed by atoms with E-state index >= 15 is 0 Å². The van der Waals surface area contributed by atoms with Crippen molar-refractivity contribution < 1.29 is 9.59 Å². The summed E-state index contributed by atoms with van der Waals surface area (Å²) in [4.78, 5) is 32.8. The first-order valence-corrected chi connectivity index (χ1v) is 10.4. The normalized spacial score (nSPS) is 25.4. The maximum absolute atomic E-state index is 13.8. The summed E-state index contributed by atoms with van der Waals surface area (Å²) in [7, 11) is 3.37. The van der Waals surface area contributed by atoms with E-state index < -0.39 is 5.41 Å². The third-order valence-electron chi connectivity index (χ3n) is 6.85. The highest BCUT2D eigenvalue weighted by atomic mass is 32.1. The first kappa shape index (κ1) is 18.3. The molecule has 0 aliphatic carbocycles. The van der Waals surface area contributed by atoms with E-state index in [-0.39, 0.29) is 28.9 Å². The van der Waals surface area contributed by atoms with Crippen molar-refractivity contribution in [2.45, 2.75) is 24.8 Å². The summed E-state index contributed by atoms with van der Waals surface area (Å²) >= 11 is 5.38. The third kappa shape index (κ3) is 2.35. The van der Waals surface area contributed by atoms with Crippen LogP contribution in [0.3, 0.4) is 0 Å². The summed E-state index contributed by atoms with van der Waals surface area (Å²) in [6, 6.07) is 18.2. The summed E-state index contributed by atoms with van der Waals surface area (Å²) in [5.41, 5.74) is 2.20.